The molecule has 2 aliphatic rings. The number of ketones is 2. The van der Waals surface area contributed by atoms with Crippen LogP contribution in [0.25, 0.3) is 27.6 Å². The van der Waals surface area contributed by atoms with Crippen LogP contribution in [0.4, 0.5) is 17.1 Å². The van der Waals surface area contributed by atoms with E-state index in [-0.39, 0.29) is 17.1 Å². The van der Waals surface area contributed by atoms with Gasteiger partial charge in [-0.3, -0.25) is 9.59 Å². The van der Waals surface area contributed by atoms with Gasteiger partial charge in [-0.15, -0.1) is 0 Å². The Morgan fingerprint density at radius 3 is 1.93 bits per heavy atom. The lowest BCUT2D eigenvalue weighted by molar-refractivity contribution is 0.0990. The molecule has 4 heteroatoms. The van der Waals surface area contributed by atoms with E-state index in [2.05, 4.69) is 90.8 Å². The van der Waals surface area contributed by atoms with Gasteiger partial charge in [0.05, 0.1) is 11.3 Å². The normalized spacial score (nSPS) is 15.1. The van der Waals surface area contributed by atoms with E-state index in [0.29, 0.717) is 11.1 Å². The van der Waals surface area contributed by atoms with Crippen LogP contribution >= 0.6 is 0 Å². The minimum absolute atomic E-state index is 0.204. The number of Topliss-reactive ketones (excluding diaryl/α,β-unsaturated/α-hetero) is 2. The molecule has 0 unspecified atom stereocenters. The Morgan fingerprint density at radius 2 is 1.21 bits per heavy atom. The highest BCUT2D eigenvalue weighted by molar-refractivity contribution is 7.03. The average molecular weight is 558 g/mol. The van der Waals surface area contributed by atoms with Gasteiger partial charge in [0, 0.05) is 27.9 Å². The lowest BCUT2D eigenvalue weighted by Gasteiger charge is -2.41. The third-order valence-electron chi connectivity index (χ3n) is 8.92. The molecule has 0 fully saturated rings. The number of rotatable bonds is 2. The zero-order chi connectivity index (χ0) is 28.6. The Kier molecular flexibility index (Phi) is 5.28. The SMILES string of the molecule is C[Si]1(C)c2ccccc2N(c2ccccc2)c2c1ccc1ccc(C=C3C(=O)c4cc5ccccc5cc4C3=O)cc21. The molecule has 1 aliphatic heterocycles. The molecule has 6 aromatic rings. The summed E-state index contributed by atoms with van der Waals surface area (Å²) in [5.74, 6) is -0.409. The van der Waals surface area contributed by atoms with Crippen molar-refractivity contribution in [3.8, 4) is 0 Å². The lowest BCUT2D eigenvalue weighted by atomic mass is 10.0. The van der Waals surface area contributed by atoms with E-state index in [1.807, 2.05) is 48.5 Å². The van der Waals surface area contributed by atoms with Gasteiger partial charge in [0.25, 0.3) is 0 Å². The largest absolute Gasteiger partial charge is 0.310 e. The standard InChI is InChI=1S/C38H27NO2Si/c1-42(2)34-15-9-8-14-33(34)39(28-12-4-3-5-13-28)36-29-20-24(16-17-25(29)18-19-35(36)42)21-32-37(40)30-22-26-10-6-7-11-27(26)23-31(30)38(32)41/h3-23H,1-2H3. The van der Waals surface area contributed by atoms with E-state index in [1.54, 1.807) is 6.08 Å². The number of allylic oxidation sites excluding steroid dienone is 1. The summed E-state index contributed by atoms with van der Waals surface area (Å²) in [4.78, 5) is 29.4. The van der Waals surface area contributed by atoms with Crippen LogP contribution in [0.5, 0.6) is 0 Å². The van der Waals surface area contributed by atoms with Gasteiger partial charge in [0.1, 0.15) is 8.07 Å². The number of carbonyl (C=O) groups is 2. The summed E-state index contributed by atoms with van der Waals surface area (Å²) in [6, 6.07) is 41.6. The second-order valence-corrected chi connectivity index (χ2v) is 16.0. The van der Waals surface area contributed by atoms with Crippen LogP contribution in [-0.2, 0) is 0 Å². The van der Waals surface area contributed by atoms with E-state index in [4.69, 9.17) is 0 Å². The van der Waals surface area contributed by atoms with Crippen molar-refractivity contribution in [3.05, 3.63) is 144 Å². The van der Waals surface area contributed by atoms with Crippen LogP contribution in [0, 0.1) is 0 Å². The predicted molar refractivity (Wildman–Crippen MR) is 176 cm³/mol. The Hall–Kier alpha value is -5.06. The van der Waals surface area contributed by atoms with Gasteiger partial charge >= 0.3 is 0 Å². The topological polar surface area (TPSA) is 37.4 Å². The van der Waals surface area contributed by atoms with Crippen LogP contribution < -0.4 is 15.3 Å². The van der Waals surface area contributed by atoms with Gasteiger partial charge in [0.15, 0.2) is 11.6 Å². The fraction of sp³-hybridized carbons (Fsp3) is 0.0526. The molecule has 1 heterocycles. The lowest BCUT2D eigenvalue weighted by Crippen LogP contribution is -2.58. The first-order chi connectivity index (χ1) is 20.4. The summed E-state index contributed by atoms with van der Waals surface area (Å²) in [7, 11) is -2.03. The summed E-state index contributed by atoms with van der Waals surface area (Å²) in [6.45, 7) is 4.84. The van der Waals surface area contributed by atoms with Crippen molar-refractivity contribution >= 4 is 74.7 Å². The zero-order valence-corrected chi connectivity index (χ0v) is 24.4. The van der Waals surface area contributed by atoms with Crippen LogP contribution in [0.1, 0.15) is 26.3 Å². The number of para-hydroxylation sites is 2. The van der Waals surface area contributed by atoms with Crippen molar-refractivity contribution < 1.29 is 9.59 Å². The molecule has 0 atom stereocenters. The molecule has 1 aliphatic carbocycles. The van der Waals surface area contributed by atoms with Crippen molar-refractivity contribution in [2.24, 2.45) is 0 Å². The molecule has 0 bridgehead atoms. The maximum atomic E-state index is 13.5. The van der Waals surface area contributed by atoms with Gasteiger partial charge in [-0.25, -0.2) is 0 Å². The number of hydrogen-bond donors (Lipinski definition) is 0. The highest BCUT2D eigenvalue weighted by Gasteiger charge is 2.39. The first-order valence-electron chi connectivity index (χ1n) is 14.3. The molecule has 3 nitrogen and oxygen atoms in total. The number of hydrogen-bond acceptors (Lipinski definition) is 3. The second kappa shape index (κ2) is 8.97. The van der Waals surface area contributed by atoms with Crippen LogP contribution in [0.15, 0.2) is 127 Å². The summed E-state index contributed by atoms with van der Waals surface area (Å²) >= 11 is 0. The molecule has 0 spiro atoms. The van der Waals surface area contributed by atoms with Crippen molar-refractivity contribution in [1.29, 1.82) is 0 Å². The first kappa shape index (κ1) is 24.7. The maximum Gasteiger partial charge on any atom is 0.197 e. The maximum absolute atomic E-state index is 13.5. The Labute approximate surface area is 245 Å². The van der Waals surface area contributed by atoms with Gasteiger partial charge in [-0.05, 0) is 74.6 Å². The number of anilines is 3. The molecule has 6 aromatic carbocycles. The van der Waals surface area contributed by atoms with Crippen molar-refractivity contribution in [2.45, 2.75) is 13.1 Å². The highest BCUT2D eigenvalue weighted by Crippen LogP contribution is 2.42. The number of fused-ring (bicyclic) bond motifs is 6. The molecular weight excluding hydrogens is 531 g/mol. The molecule has 42 heavy (non-hydrogen) atoms. The van der Waals surface area contributed by atoms with E-state index in [1.165, 1.54) is 21.7 Å². The molecule has 8 rings (SSSR count). The van der Waals surface area contributed by atoms with Crippen molar-refractivity contribution in [3.63, 3.8) is 0 Å². The minimum atomic E-state index is -2.03. The number of carbonyl (C=O) groups excluding carboxylic acids is 2. The van der Waals surface area contributed by atoms with Crippen LogP contribution in [0.3, 0.4) is 0 Å². The quantitative estimate of drug-likeness (QED) is 0.123. The number of benzene rings is 6. The van der Waals surface area contributed by atoms with E-state index in [9.17, 15) is 9.59 Å². The van der Waals surface area contributed by atoms with Gasteiger partial charge < -0.3 is 4.90 Å². The third kappa shape index (κ3) is 3.52. The molecule has 0 saturated carbocycles. The molecule has 200 valence electrons. The predicted octanol–water partition coefficient (Wildman–Crippen LogP) is 8.06. The summed E-state index contributed by atoms with van der Waals surface area (Å²) < 4.78 is 0. The number of nitrogens with zero attached hydrogens (tertiary/aromatic N) is 1. The monoisotopic (exact) mass is 557 g/mol. The Morgan fingerprint density at radius 1 is 0.595 bits per heavy atom. The molecule has 0 aromatic heterocycles. The van der Waals surface area contributed by atoms with Gasteiger partial charge in [-0.2, -0.15) is 0 Å². The van der Waals surface area contributed by atoms with Crippen LogP contribution in [0.2, 0.25) is 13.1 Å². The summed E-state index contributed by atoms with van der Waals surface area (Å²) in [5, 5.41) is 6.94. The second-order valence-electron chi connectivity index (χ2n) is 11.7. The molecule has 0 saturated heterocycles. The minimum Gasteiger partial charge on any atom is -0.310 e. The zero-order valence-electron chi connectivity index (χ0n) is 23.4. The van der Waals surface area contributed by atoms with Gasteiger partial charge in [-0.1, -0.05) is 98.0 Å². The Bertz CT molecular complexity index is 2100. The molecular formula is C38H27NO2Si. The summed E-state index contributed by atoms with van der Waals surface area (Å²) in [5.41, 5.74) is 5.56. The van der Waals surface area contributed by atoms with Crippen molar-refractivity contribution in [2.75, 3.05) is 4.90 Å². The molecule has 0 radical (unpaired) electrons. The summed E-state index contributed by atoms with van der Waals surface area (Å²) in [6.07, 6.45) is 1.78. The average Bonchev–Trinajstić information content (AvgIpc) is 3.24. The van der Waals surface area contributed by atoms with Crippen molar-refractivity contribution in [1.82, 2.24) is 0 Å². The third-order valence-corrected chi connectivity index (χ3v) is 12.4. The van der Waals surface area contributed by atoms with E-state index in [0.717, 1.165) is 32.8 Å². The highest BCUT2D eigenvalue weighted by atomic mass is 28.3. The first-order valence-corrected chi connectivity index (χ1v) is 17.3. The fourth-order valence-corrected chi connectivity index (χ4v) is 9.75. The van der Waals surface area contributed by atoms with Gasteiger partial charge in [0.2, 0.25) is 0 Å². The molecule has 0 amide bonds. The molecule has 0 N–H and O–H groups in total. The Balaban J connectivity index is 1.33. The van der Waals surface area contributed by atoms with E-state index >= 15 is 0 Å². The van der Waals surface area contributed by atoms with Crippen LogP contribution in [-0.4, -0.2) is 19.6 Å². The van der Waals surface area contributed by atoms with E-state index < -0.39 is 8.07 Å². The fourth-order valence-electron chi connectivity index (χ4n) is 6.77. The smallest absolute Gasteiger partial charge is 0.197 e.